The van der Waals surface area contributed by atoms with Crippen LogP contribution in [0.2, 0.25) is 0 Å². The van der Waals surface area contributed by atoms with Gasteiger partial charge in [0.25, 0.3) is 0 Å². The Labute approximate surface area is 219 Å². The number of phenolic OH excluding ortho intramolecular Hbond substituents is 1. The lowest BCUT2D eigenvalue weighted by molar-refractivity contribution is -0.169. The highest BCUT2D eigenvalue weighted by Crippen LogP contribution is 2.41. The smallest absolute Gasteiger partial charge is 0.313 e. The Morgan fingerprint density at radius 3 is 1.89 bits per heavy atom. The van der Waals surface area contributed by atoms with Gasteiger partial charge in [0.05, 0.1) is 22.5 Å². The fraction of sp³-hybridized carbons (Fsp3) is 0.733. The van der Waals surface area contributed by atoms with Gasteiger partial charge < -0.3 is 14.7 Å². The number of esters is 1. The van der Waals surface area contributed by atoms with Gasteiger partial charge in [0.15, 0.2) is 0 Å². The number of hydrogen-bond donors (Lipinski definition) is 2. The molecule has 2 atom stereocenters. The third kappa shape index (κ3) is 5.74. The number of ether oxygens (including phenoxy) is 1. The number of phenols is 1. The van der Waals surface area contributed by atoms with Crippen molar-refractivity contribution in [3.63, 3.8) is 0 Å². The van der Waals surface area contributed by atoms with E-state index in [1.54, 1.807) is 0 Å². The first-order chi connectivity index (χ1) is 15.9. The van der Waals surface area contributed by atoms with E-state index in [-0.39, 0.29) is 41.1 Å². The van der Waals surface area contributed by atoms with Gasteiger partial charge in [-0.15, -0.1) is 0 Å². The average molecular weight is 503 g/mol. The van der Waals surface area contributed by atoms with E-state index in [4.69, 9.17) is 4.74 Å². The fourth-order valence-electron chi connectivity index (χ4n) is 5.19. The molecule has 2 N–H and O–H groups in total. The van der Waals surface area contributed by atoms with E-state index in [0.29, 0.717) is 0 Å². The molecular weight excluding hydrogens is 452 g/mol. The zero-order valence-corrected chi connectivity index (χ0v) is 25.1. The van der Waals surface area contributed by atoms with Crippen LogP contribution in [0.1, 0.15) is 120 Å². The van der Waals surface area contributed by atoms with Crippen molar-refractivity contribution in [3.05, 3.63) is 28.8 Å². The van der Waals surface area contributed by atoms with Gasteiger partial charge in [0, 0.05) is 6.04 Å². The lowest BCUT2D eigenvalue weighted by atomic mass is 9.77. The summed E-state index contributed by atoms with van der Waals surface area (Å²) in [5.41, 5.74) is -0.00262. The van der Waals surface area contributed by atoms with Crippen molar-refractivity contribution in [1.29, 1.82) is 0 Å². The van der Waals surface area contributed by atoms with Crippen molar-refractivity contribution in [3.8, 4) is 5.75 Å². The molecule has 1 saturated heterocycles. The van der Waals surface area contributed by atoms with Gasteiger partial charge >= 0.3 is 5.97 Å². The number of piperazine rings is 1. The summed E-state index contributed by atoms with van der Waals surface area (Å²) in [4.78, 5) is 28.6. The van der Waals surface area contributed by atoms with Crippen molar-refractivity contribution >= 4 is 11.9 Å². The largest absolute Gasteiger partial charge is 0.507 e. The van der Waals surface area contributed by atoms with Crippen molar-refractivity contribution in [2.24, 2.45) is 0 Å². The SMILES string of the molecule is CC(C(=O)OCC(C)(C)N1C(=O)C(C)(C)NC(C)C1(C)C)c1cc(C(C)(C)C)c(O)c(C(C)(C)C)c1. The Balaban J connectivity index is 2.36. The maximum Gasteiger partial charge on any atom is 0.313 e. The molecule has 0 aliphatic carbocycles. The van der Waals surface area contributed by atoms with Crippen molar-refractivity contribution in [2.45, 2.75) is 136 Å². The fourth-order valence-corrected chi connectivity index (χ4v) is 5.19. The molecule has 1 aromatic carbocycles. The molecule has 204 valence electrons. The van der Waals surface area contributed by atoms with E-state index in [0.717, 1.165) is 16.7 Å². The molecule has 1 aliphatic heterocycles. The number of nitrogens with zero attached hydrogens (tertiary/aromatic N) is 1. The zero-order valence-electron chi connectivity index (χ0n) is 25.1. The standard InChI is InChI=1S/C30H50N2O4/c1-18(20-15-21(26(3,4)5)23(33)22(16-20)27(6,7)8)24(34)36-17-28(9,10)32-25(35)29(11,12)31-19(2)30(32,13)14/h15-16,18-19,31,33H,17H2,1-14H3. The summed E-state index contributed by atoms with van der Waals surface area (Å²) in [6, 6.07) is 3.91. The molecule has 1 aromatic rings. The molecule has 0 saturated carbocycles. The van der Waals surface area contributed by atoms with Crippen LogP contribution in [0.15, 0.2) is 12.1 Å². The van der Waals surface area contributed by atoms with Crippen LogP contribution in [0.25, 0.3) is 0 Å². The molecule has 1 amide bonds. The van der Waals surface area contributed by atoms with Gasteiger partial charge in [-0.05, 0) is 82.9 Å². The lowest BCUT2D eigenvalue weighted by Gasteiger charge is -2.58. The summed E-state index contributed by atoms with van der Waals surface area (Å²) in [6.07, 6.45) is 0. The highest BCUT2D eigenvalue weighted by Gasteiger charge is 2.53. The maximum atomic E-state index is 13.4. The second-order valence-electron chi connectivity index (χ2n) is 14.4. The topological polar surface area (TPSA) is 78.9 Å². The summed E-state index contributed by atoms with van der Waals surface area (Å²) in [6.45, 7) is 28.1. The van der Waals surface area contributed by atoms with Crippen LogP contribution in [0.3, 0.4) is 0 Å². The number of hydrogen-bond acceptors (Lipinski definition) is 5. The summed E-state index contributed by atoms with van der Waals surface area (Å²) < 4.78 is 5.89. The number of nitrogens with one attached hydrogen (secondary N) is 1. The van der Waals surface area contributed by atoms with E-state index in [1.165, 1.54) is 0 Å². The highest BCUT2D eigenvalue weighted by molar-refractivity contribution is 5.88. The Bertz CT molecular complexity index is 974. The monoisotopic (exact) mass is 502 g/mol. The summed E-state index contributed by atoms with van der Waals surface area (Å²) in [5, 5.41) is 14.5. The van der Waals surface area contributed by atoms with Crippen LogP contribution >= 0.6 is 0 Å². The third-order valence-electron chi connectivity index (χ3n) is 7.73. The van der Waals surface area contributed by atoms with Gasteiger partial charge in [-0.25, -0.2) is 0 Å². The van der Waals surface area contributed by atoms with Gasteiger partial charge in [0.2, 0.25) is 5.91 Å². The molecular formula is C30H50N2O4. The van der Waals surface area contributed by atoms with E-state index >= 15 is 0 Å². The van der Waals surface area contributed by atoms with Crippen LogP contribution in [-0.2, 0) is 25.2 Å². The zero-order chi connectivity index (χ0) is 28.2. The van der Waals surface area contributed by atoms with E-state index in [9.17, 15) is 14.7 Å². The number of aromatic hydroxyl groups is 1. The Hall–Kier alpha value is -2.08. The molecule has 2 unspecified atom stereocenters. The predicted octanol–water partition coefficient (Wildman–Crippen LogP) is 5.79. The molecule has 6 nitrogen and oxygen atoms in total. The molecule has 0 aromatic heterocycles. The van der Waals surface area contributed by atoms with Crippen LogP contribution in [-0.4, -0.2) is 51.1 Å². The number of amides is 1. The second kappa shape index (κ2) is 9.34. The van der Waals surface area contributed by atoms with Gasteiger partial charge in [0.1, 0.15) is 12.4 Å². The van der Waals surface area contributed by atoms with Gasteiger partial charge in [-0.1, -0.05) is 53.7 Å². The summed E-state index contributed by atoms with van der Waals surface area (Å²) in [7, 11) is 0. The lowest BCUT2D eigenvalue weighted by Crippen LogP contribution is -2.77. The third-order valence-corrected chi connectivity index (χ3v) is 7.73. The minimum atomic E-state index is -0.706. The minimum Gasteiger partial charge on any atom is -0.507 e. The van der Waals surface area contributed by atoms with Crippen LogP contribution in [0, 0.1) is 0 Å². The van der Waals surface area contributed by atoms with Crippen molar-refractivity contribution in [2.75, 3.05) is 6.61 Å². The van der Waals surface area contributed by atoms with Crippen molar-refractivity contribution < 1.29 is 19.4 Å². The molecule has 0 bridgehead atoms. The maximum absolute atomic E-state index is 13.4. The molecule has 0 radical (unpaired) electrons. The number of rotatable bonds is 5. The van der Waals surface area contributed by atoms with Gasteiger partial charge in [-0.3, -0.25) is 14.9 Å². The Kier molecular flexibility index (Phi) is 7.82. The average Bonchev–Trinajstić information content (AvgIpc) is 2.68. The van der Waals surface area contributed by atoms with Gasteiger partial charge in [-0.2, -0.15) is 0 Å². The molecule has 1 aliphatic rings. The molecule has 2 rings (SSSR count). The number of carbonyl (C=O) groups excluding carboxylic acids is 2. The van der Waals surface area contributed by atoms with E-state index in [1.807, 2.05) is 65.5 Å². The first-order valence-electron chi connectivity index (χ1n) is 13.1. The highest BCUT2D eigenvalue weighted by atomic mass is 16.5. The Morgan fingerprint density at radius 2 is 1.47 bits per heavy atom. The molecule has 36 heavy (non-hydrogen) atoms. The first kappa shape index (κ1) is 30.1. The number of benzene rings is 1. The Morgan fingerprint density at radius 1 is 1.03 bits per heavy atom. The predicted molar refractivity (Wildman–Crippen MR) is 147 cm³/mol. The van der Waals surface area contributed by atoms with E-state index in [2.05, 4.69) is 53.8 Å². The molecule has 1 fully saturated rings. The first-order valence-corrected chi connectivity index (χ1v) is 13.1. The quantitative estimate of drug-likeness (QED) is 0.498. The van der Waals surface area contributed by atoms with Crippen LogP contribution < -0.4 is 5.32 Å². The normalized spacial score (nSPS) is 21.3. The van der Waals surface area contributed by atoms with Crippen LogP contribution in [0.4, 0.5) is 0 Å². The van der Waals surface area contributed by atoms with Crippen LogP contribution in [0.5, 0.6) is 5.75 Å². The number of carbonyl (C=O) groups is 2. The minimum absolute atomic E-state index is 0.0112. The molecule has 1 heterocycles. The summed E-state index contributed by atoms with van der Waals surface area (Å²) >= 11 is 0. The molecule has 0 spiro atoms. The summed E-state index contributed by atoms with van der Waals surface area (Å²) in [5.74, 6) is -0.591. The second-order valence-corrected chi connectivity index (χ2v) is 14.4. The van der Waals surface area contributed by atoms with E-state index < -0.39 is 22.5 Å². The van der Waals surface area contributed by atoms with Crippen molar-refractivity contribution in [1.82, 2.24) is 10.2 Å². The molecule has 6 heteroatoms.